The zero-order chi connectivity index (χ0) is 15.4. The second kappa shape index (κ2) is 6.35. The Balaban J connectivity index is 2.53. The van der Waals surface area contributed by atoms with E-state index in [-0.39, 0.29) is 16.9 Å². The summed E-state index contributed by atoms with van der Waals surface area (Å²) in [6.07, 6.45) is 1.65. The van der Waals surface area contributed by atoms with E-state index in [4.69, 9.17) is 0 Å². The number of ketones is 1. The molecule has 2 aromatic rings. The van der Waals surface area contributed by atoms with Gasteiger partial charge in [-0.1, -0.05) is 50.2 Å². The molecule has 0 amide bonds. The molecule has 0 radical (unpaired) electrons. The molecular formula is C18H18O3. The van der Waals surface area contributed by atoms with Gasteiger partial charge < -0.3 is 5.11 Å². The number of carboxylic acid groups (broad SMARTS) is 1. The van der Waals surface area contributed by atoms with E-state index in [9.17, 15) is 14.7 Å². The molecule has 0 fully saturated rings. The van der Waals surface area contributed by atoms with Crippen LogP contribution in [-0.2, 0) is 12.8 Å². The lowest BCUT2D eigenvalue weighted by atomic mass is 9.92. The highest BCUT2D eigenvalue weighted by molar-refractivity contribution is 6.14. The molecule has 1 N–H and O–H groups in total. The van der Waals surface area contributed by atoms with Gasteiger partial charge in [-0.15, -0.1) is 0 Å². The van der Waals surface area contributed by atoms with E-state index in [2.05, 4.69) is 6.92 Å². The maximum Gasteiger partial charge on any atom is 0.336 e. The fourth-order valence-electron chi connectivity index (χ4n) is 2.39. The number of aromatic carboxylic acids is 1. The first-order valence-electron chi connectivity index (χ1n) is 7.07. The molecular weight excluding hydrogens is 264 g/mol. The summed E-state index contributed by atoms with van der Waals surface area (Å²) in [6.45, 7) is 4.06. The molecule has 3 heteroatoms. The Bertz CT molecular complexity index is 687. The molecule has 0 spiro atoms. The van der Waals surface area contributed by atoms with Crippen LogP contribution in [-0.4, -0.2) is 16.9 Å². The maximum absolute atomic E-state index is 12.7. The number of carboxylic acids is 1. The van der Waals surface area contributed by atoms with Crippen molar-refractivity contribution in [2.75, 3.05) is 0 Å². The van der Waals surface area contributed by atoms with Crippen molar-refractivity contribution in [1.29, 1.82) is 0 Å². The zero-order valence-corrected chi connectivity index (χ0v) is 12.2. The number of hydrogen-bond donors (Lipinski definition) is 1. The molecule has 0 aliphatic rings. The highest BCUT2D eigenvalue weighted by Gasteiger charge is 2.19. The van der Waals surface area contributed by atoms with Gasteiger partial charge in [0, 0.05) is 11.1 Å². The molecule has 21 heavy (non-hydrogen) atoms. The monoisotopic (exact) mass is 282 g/mol. The SMILES string of the molecule is CCc1ccc(C(=O)c2ccccc2C(=O)O)c(CC)c1. The molecule has 0 aromatic heterocycles. The van der Waals surface area contributed by atoms with Crippen LogP contribution < -0.4 is 0 Å². The molecule has 0 unspecified atom stereocenters. The molecule has 0 heterocycles. The van der Waals surface area contributed by atoms with Gasteiger partial charge in [0.05, 0.1) is 5.56 Å². The first kappa shape index (κ1) is 15.0. The van der Waals surface area contributed by atoms with Crippen LogP contribution >= 0.6 is 0 Å². The van der Waals surface area contributed by atoms with Crippen LogP contribution in [0.15, 0.2) is 42.5 Å². The van der Waals surface area contributed by atoms with E-state index in [1.54, 1.807) is 24.3 Å². The fourth-order valence-corrected chi connectivity index (χ4v) is 2.39. The third-order valence-electron chi connectivity index (χ3n) is 3.61. The van der Waals surface area contributed by atoms with Gasteiger partial charge in [0.2, 0.25) is 0 Å². The number of carbonyl (C=O) groups excluding carboxylic acids is 1. The molecule has 2 aromatic carbocycles. The summed E-state index contributed by atoms with van der Waals surface area (Å²) in [6, 6.07) is 12.1. The van der Waals surface area contributed by atoms with E-state index >= 15 is 0 Å². The molecule has 0 aliphatic carbocycles. The zero-order valence-electron chi connectivity index (χ0n) is 12.2. The third kappa shape index (κ3) is 3.02. The van der Waals surface area contributed by atoms with Crippen LogP contribution in [0.1, 0.15) is 51.3 Å². The van der Waals surface area contributed by atoms with Gasteiger partial charge in [0.15, 0.2) is 5.78 Å². The Hall–Kier alpha value is -2.42. The predicted molar refractivity (Wildman–Crippen MR) is 82.0 cm³/mol. The summed E-state index contributed by atoms with van der Waals surface area (Å²) in [7, 11) is 0. The smallest absolute Gasteiger partial charge is 0.336 e. The number of rotatable bonds is 5. The van der Waals surface area contributed by atoms with Crippen molar-refractivity contribution < 1.29 is 14.7 Å². The van der Waals surface area contributed by atoms with E-state index in [0.29, 0.717) is 5.56 Å². The van der Waals surface area contributed by atoms with Crippen molar-refractivity contribution in [1.82, 2.24) is 0 Å². The minimum absolute atomic E-state index is 0.0455. The first-order valence-corrected chi connectivity index (χ1v) is 7.07. The summed E-state index contributed by atoms with van der Waals surface area (Å²) in [5, 5.41) is 9.22. The van der Waals surface area contributed by atoms with Gasteiger partial charge in [-0.3, -0.25) is 4.79 Å². The average molecular weight is 282 g/mol. The van der Waals surface area contributed by atoms with Gasteiger partial charge in [-0.2, -0.15) is 0 Å². The second-order valence-electron chi connectivity index (χ2n) is 4.88. The molecule has 0 bridgehead atoms. The van der Waals surface area contributed by atoms with Crippen molar-refractivity contribution >= 4 is 11.8 Å². The van der Waals surface area contributed by atoms with E-state index in [1.165, 1.54) is 11.6 Å². The lowest BCUT2D eigenvalue weighted by Crippen LogP contribution is -2.11. The Morgan fingerprint density at radius 1 is 0.905 bits per heavy atom. The normalized spacial score (nSPS) is 10.4. The minimum atomic E-state index is -1.08. The van der Waals surface area contributed by atoms with Gasteiger partial charge in [0.25, 0.3) is 0 Å². The first-order chi connectivity index (χ1) is 10.1. The van der Waals surface area contributed by atoms with E-state index < -0.39 is 5.97 Å². The van der Waals surface area contributed by atoms with Crippen LogP contribution in [0.5, 0.6) is 0 Å². The standard InChI is InChI=1S/C18H18O3/c1-3-12-9-10-14(13(4-2)11-12)17(19)15-7-5-6-8-16(15)18(20)21/h5-11H,3-4H2,1-2H3,(H,20,21). The molecule has 0 aliphatic heterocycles. The number of carbonyl (C=O) groups is 2. The van der Waals surface area contributed by atoms with E-state index in [1.807, 2.05) is 19.1 Å². The predicted octanol–water partition coefficient (Wildman–Crippen LogP) is 3.74. The lowest BCUT2D eigenvalue weighted by Gasteiger charge is -2.10. The fraction of sp³-hybridized carbons (Fsp3) is 0.222. The van der Waals surface area contributed by atoms with Crippen LogP contribution in [0.25, 0.3) is 0 Å². The molecule has 0 atom stereocenters. The highest BCUT2D eigenvalue weighted by Crippen LogP contribution is 2.20. The Kier molecular flexibility index (Phi) is 4.53. The van der Waals surface area contributed by atoms with Crippen molar-refractivity contribution in [2.24, 2.45) is 0 Å². The Morgan fingerprint density at radius 2 is 1.57 bits per heavy atom. The lowest BCUT2D eigenvalue weighted by molar-refractivity contribution is 0.0693. The van der Waals surface area contributed by atoms with Gasteiger partial charge in [0.1, 0.15) is 0 Å². The number of aryl methyl sites for hydroxylation is 2. The van der Waals surface area contributed by atoms with Crippen LogP contribution in [0.3, 0.4) is 0 Å². The largest absolute Gasteiger partial charge is 0.478 e. The number of hydrogen-bond acceptors (Lipinski definition) is 2. The second-order valence-corrected chi connectivity index (χ2v) is 4.88. The average Bonchev–Trinajstić information content (AvgIpc) is 2.53. The molecule has 2 rings (SSSR count). The molecule has 3 nitrogen and oxygen atoms in total. The Labute approximate surface area is 124 Å². The van der Waals surface area contributed by atoms with Crippen molar-refractivity contribution in [3.63, 3.8) is 0 Å². The third-order valence-corrected chi connectivity index (χ3v) is 3.61. The summed E-state index contributed by atoms with van der Waals surface area (Å²) < 4.78 is 0. The molecule has 0 saturated heterocycles. The summed E-state index contributed by atoms with van der Waals surface area (Å²) in [5.74, 6) is -1.31. The van der Waals surface area contributed by atoms with Crippen LogP contribution in [0.2, 0.25) is 0 Å². The maximum atomic E-state index is 12.7. The number of benzene rings is 2. The summed E-state index contributed by atoms with van der Waals surface area (Å²) in [5.41, 5.74) is 3.01. The van der Waals surface area contributed by atoms with Gasteiger partial charge >= 0.3 is 5.97 Å². The quantitative estimate of drug-likeness (QED) is 0.850. The molecule has 0 saturated carbocycles. The summed E-state index contributed by atoms with van der Waals surface area (Å²) >= 11 is 0. The highest BCUT2D eigenvalue weighted by atomic mass is 16.4. The van der Waals surface area contributed by atoms with Crippen LogP contribution in [0.4, 0.5) is 0 Å². The summed E-state index contributed by atoms with van der Waals surface area (Å²) in [4.78, 5) is 23.9. The minimum Gasteiger partial charge on any atom is -0.478 e. The molecule has 108 valence electrons. The van der Waals surface area contributed by atoms with Crippen molar-refractivity contribution in [2.45, 2.75) is 26.7 Å². The van der Waals surface area contributed by atoms with Gasteiger partial charge in [-0.25, -0.2) is 4.79 Å². The topological polar surface area (TPSA) is 54.4 Å². The van der Waals surface area contributed by atoms with Crippen LogP contribution in [0, 0.1) is 0 Å². The van der Waals surface area contributed by atoms with Crippen molar-refractivity contribution in [3.05, 3.63) is 70.3 Å². The Morgan fingerprint density at radius 3 is 2.14 bits per heavy atom. The van der Waals surface area contributed by atoms with E-state index in [0.717, 1.165) is 18.4 Å². The van der Waals surface area contributed by atoms with Gasteiger partial charge in [-0.05, 0) is 30.0 Å². The van der Waals surface area contributed by atoms with Crippen molar-refractivity contribution in [3.8, 4) is 0 Å².